The number of thioether (sulfide) groups is 1. The fourth-order valence-corrected chi connectivity index (χ4v) is 0.858. The average Bonchev–Trinajstić information content (AvgIpc) is 1.82. The minimum atomic E-state index is -0.913. The molecule has 0 aromatic carbocycles. The van der Waals surface area contributed by atoms with Crippen LogP contribution in [0.1, 0.15) is 6.42 Å². The Morgan fingerprint density at radius 1 is 1.80 bits per heavy atom. The van der Waals surface area contributed by atoms with Gasteiger partial charge >= 0.3 is 5.97 Å². The summed E-state index contributed by atoms with van der Waals surface area (Å²) in [5.41, 5.74) is 5.19. The number of carbonyl (C=O) groups is 1. The molecule has 3 nitrogen and oxygen atoms in total. The van der Waals surface area contributed by atoms with E-state index in [1.54, 1.807) is 11.8 Å². The Bertz CT molecular complexity index is 102. The van der Waals surface area contributed by atoms with Gasteiger partial charge in [0.25, 0.3) is 0 Å². The van der Waals surface area contributed by atoms with Crippen molar-refractivity contribution in [2.24, 2.45) is 5.73 Å². The van der Waals surface area contributed by atoms with Crippen LogP contribution < -0.4 is 5.73 Å². The summed E-state index contributed by atoms with van der Waals surface area (Å²) in [4.78, 5) is 10.1. The van der Waals surface area contributed by atoms with Crippen molar-refractivity contribution in [3.8, 4) is 0 Å². The Kier molecular flexibility index (Phi) is 9.58. The van der Waals surface area contributed by atoms with Crippen LogP contribution in [0.5, 0.6) is 0 Å². The molecule has 0 aliphatic rings. The Morgan fingerprint density at radius 3 is 2.60 bits per heavy atom. The third-order valence-electron chi connectivity index (χ3n) is 0.950. The summed E-state index contributed by atoms with van der Waals surface area (Å²) in [6, 6.07) is -0.683. The Morgan fingerprint density at radius 2 is 2.30 bits per heavy atom. The molecule has 0 fully saturated rings. The smallest absolute Gasteiger partial charge is 0.320 e. The first-order chi connectivity index (χ1) is 4.18. The van der Waals surface area contributed by atoms with Gasteiger partial charge in [-0.25, -0.2) is 0 Å². The molecule has 62 valence electrons. The van der Waals surface area contributed by atoms with Gasteiger partial charge in [0, 0.05) is 17.1 Å². The fourth-order valence-electron chi connectivity index (χ4n) is 0.368. The predicted octanol–water partition coefficient (Wildman–Crippen LogP) is 0.149. The number of aliphatic carboxylic acids is 1. The molecular formula is C5H11FeNO2S. The van der Waals surface area contributed by atoms with Crippen molar-refractivity contribution in [1.29, 1.82) is 0 Å². The summed E-state index contributed by atoms with van der Waals surface area (Å²) >= 11 is 1.60. The van der Waals surface area contributed by atoms with E-state index in [4.69, 9.17) is 10.8 Å². The molecule has 0 saturated heterocycles. The zero-order chi connectivity index (χ0) is 7.28. The molecule has 0 spiro atoms. The average molecular weight is 205 g/mol. The largest absolute Gasteiger partial charge is 0.480 e. The monoisotopic (exact) mass is 205 g/mol. The summed E-state index contributed by atoms with van der Waals surface area (Å²) in [5.74, 6) is -0.1000. The molecule has 0 unspecified atom stereocenters. The van der Waals surface area contributed by atoms with Crippen molar-refractivity contribution in [2.75, 3.05) is 12.0 Å². The van der Waals surface area contributed by atoms with Gasteiger partial charge in [0.2, 0.25) is 0 Å². The molecule has 0 aromatic heterocycles. The van der Waals surface area contributed by atoms with Crippen LogP contribution in [0, 0.1) is 0 Å². The van der Waals surface area contributed by atoms with E-state index in [1.807, 2.05) is 6.26 Å². The molecular weight excluding hydrogens is 194 g/mol. The number of hydrogen-bond acceptors (Lipinski definition) is 3. The van der Waals surface area contributed by atoms with Crippen molar-refractivity contribution in [3.63, 3.8) is 0 Å². The van der Waals surface area contributed by atoms with E-state index in [9.17, 15) is 4.79 Å². The molecule has 10 heavy (non-hydrogen) atoms. The van der Waals surface area contributed by atoms with Gasteiger partial charge in [-0.15, -0.1) is 0 Å². The molecule has 3 N–H and O–H groups in total. The van der Waals surface area contributed by atoms with Gasteiger partial charge in [0.15, 0.2) is 0 Å². The van der Waals surface area contributed by atoms with Crippen LogP contribution in [0.3, 0.4) is 0 Å². The van der Waals surface area contributed by atoms with Gasteiger partial charge < -0.3 is 10.8 Å². The summed E-state index contributed by atoms with van der Waals surface area (Å²) in [6.07, 6.45) is 2.48. The molecule has 0 aliphatic carbocycles. The SMILES string of the molecule is CSCC[C@H](N)C(=O)O.[Fe]. The van der Waals surface area contributed by atoms with Crippen molar-refractivity contribution >= 4 is 17.7 Å². The normalized spacial score (nSPS) is 11.8. The molecule has 0 aromatic rings. The topological polar surface area (TPSA) is 63.3 Å². The minimum Gasteiger partial charge on any atom is -0.480 e. The Labute approximate surface area is 75.2 Å². The summed E-state index contributed by atoms with van der Waals surface area (Å²) in [6.45, 7) is 0. The van der Waals surface area contributed by atoms with Crippen molar-refractivity contribution in [3.05, 3.63) is 0 Å². The maximum atomic E-state index is 10.1. The van der Waals surface area contributed by atoms with E-state index in [2.05, 4.69) is 0 Å². The van der Waals surface area contributed by atoms with Crippen molar-refractivity contribution in [1.82, 2.24) is 0 Å². The van der Waals surface area contributed by atoms with E-state index < -0.39 is 12.0 Å². The quantitative estimate of drug-likeness (QED) is 0.641. The van der Waals surface area contributed by atoms with Crippen LogP contribution in [-0.4, -0.2) is 29.1 Å². The maximum Gasteiger partial charge on any atom is 0.320 e. The number of hydrogen-bond donors (Lipinski definition) is 2. The van der Waals surface area contributed by atoms with Gasteiger partial charge in [-0.05, 0) is 18.4 Å². The van der Waals surface area contributed by atoms with E-state index in [0.717, 1.165) is 5.75 Å². The number of carboxylic acids is 1. The first-order valence-corrected chi connectivity index (χ1v) is 4.05. The molecule has 0 heterocycles. The van der Waals surface area contributed by atoms with E-state index >= 15 is 0 Å². The van der Waals surface area contributed by atoms with E-state index in [-0.39, 0.29) is 17.1 Å². The van der Waals surface area contributed by atoms with Crippen molar-refractivity contribution in [2.45, 2.75) is 12.5 Å². The van der Waals surface area contributed by atoms with E-state index in [1.165, 1.54) is 0 Å². The van der Waals surface area contributed by atoms with Crippen molar-refractivity contribution < 1.29 is 27.0 Å². The maximum absolute atomic E-state index is 10.1. The van der Waals surface area contributed by atoms with Gasteiger partial charge in [-0.1, -0.05) is 0 Å². The standard InChI is InChI=1S/C5H11NO2S.Fe/c1-9-3-2-4(6)5(7)8;/h4H,2-3,6H2,1H3,(H,7,8);/t4-;/m0./s1. The number of nitrogens with two attached hydrogens (primary N) is 1. The van der Waals surface area contributed by atoms with Crippen LogP contribution in [-0.2, 0) is 21.9 Å². The first-order valence-electron chi connectivity index (χ1n) is 2.65. The Balaban J connectivity index is 0. The zero-order valence-electron chi connectivity index (χ0n) is 5.69. The third kappa shape index (κ3) is 6.42. The zero-order valence-corrected chi connectivity index (χ0v) is 7.61. The molecule has 0 saturated carbocycles. The van der Waals surface area contributed by atoms with Gasteiger partial charge in [-0.3, -0.25) is 4.79 Å². The van der Waals surface area contributed by atoms with E-state index in [0.29, 0.717) is 6.42 Å². The molecule has 0 rings (SSSR count). The van der Waals surface area contributed by atoms with Crippen LogP contribution in [0.2, 0.25) is 0 Å². The molecule has 0 aliphatic heterocycles. The number of carboxylic acid groups (broad SMARTS) is 1. The second-order valence-corrected chi connectivity index (χ2v) is 2.71. The van der Waals surface area contributed by atoms with Crippen LogP contribution in [0.15, 0.2) is 0 Å². The van der Waals surface area contributed by atoms with Crippen LogP contribution in [0.4, 0.5) is 0 Å². The first kappa shape index (κ1) is 12.9. The predicted molar refractivity (Wildman–Crippen MR) is 38.6 cm³/mol. The summed E-state index contributed by atoms with van der Waals surface area (Å²) in [5, 5.41) is 8.27. The summed E-state index contributed by atoms with van der Waals surface area (Å²) in [7, 11) is 0. The second-order valence-electron chi connectivity index (χ2n) is 1.73. The van der Waals surface area contributed by atoms with Crippen LogP contribution in [0.25, 0.3) is 0 Å². The van der Waals surface area contributed by atoms with Crippen LogP contribution >= 0.6 is 11.8 Å². The third-order valence-corrected chi connectivity index (χ3v) is 1.59. The molecule has 5 heteroatoms. The summed E-state index contributed by atoms with van der Waals surface area (Å²) < 4.78 is 0. The Hall–Kier alpha value is 0.299. The minimum absolute atomic E-state index is 0. The van der Waals surface area contributed by atoms with Gasteiger partial charge in [-0.2, -0.15) is 11.8 Å². The molecule has 1 atom stereocenters. The second kappa shape index (κ2) is 7.41. The molecule has 0 bridgehead atoms. The fraction of sp³-hybridized carbons (Fsp3) is 0.800. The number of rotatable bonds is 4. The molecule has 0 radical (unpaired) electrons. The van der Waals surface area contributed by atoms with Gasteiger partial charge in [0.1, 0.15) is 6.04 Å². The molecule has 0 amide bonds. The van der Waals surface area contributed by atoms with Gasteiger partial charge in [0.05, 0.1) is 0 Å².